The number of carbonyl (C=O) groups excluding carboxylic acids is 2. The van der Waals surface area contributed by atoms with Gasteiger partial charge in [-0.2, -0.15) is 0 Å². The molecule has 0 fully saturated rings. The summed E-state index contributed by atoms with van der Waals surface area (Å²) in [7, 11) is 0. The Balaban J connectivity index is 2.07. The number of hydrogen-bond donors (Lipinski definition) is 1. The van der Waals surface area contributed by atoms with Crippen molar-refractivity contribution in [2.75, 3.05) is 6.61 Å². The molecule has 2 aliphatic rings. The smallest absolute Gasteiger partial charge is 0.336 e. The van der Waals surface area contributed by atoms with Gasteiger partial charge < -0.3 is 10.1 Å². The predicted molar refractivity (Wildman–Crippen MR) is 67.6 cm³/mol. The van der Waals surface area contributed by atoms with E-state index in [1.54, 1.807) is 0 Å². The zero-order chi connectivity index (χ0) is 12.7. The van der Waals surface area contributed by atoms with E-state index in [4.69, 9.17) is 4.74 Å². The maximum Gasteiger partial charge on any atom is 0.336 e. The first-order chi connectivity index (χ1) is 8.65. The predicted octanol–water partition coefficient (Wildman–Crippen LogP) is 1.86. The molecule has 5 heteroatoms. The second-order valence-electron chi connectivity index (χ2n) is 4.33. The standard InChI is InChI=1S/C13H10BrNO3/c14-8-3-1-2-7(4-8)9-5-11(16)15-10-6-18-13(17)12(9)10/h1-4,9H,5-6H2,(H,15,16)/t9-/m1/s1. The van der Waals surface area contributed by atoms with Gasteiger partial charge in [-0.25, -0.2) is 4.79 Å². The molecule has 0 spiro atoms. The summed E-state index contributed by atoms with van der Waals surface area (Å²) < 4.78 is 5.92. The zero-order valence-corrected chi connectivity index (χ0v) is 11.0. The third kappa shape index (κ3) is 1.84. The summed E-state index contributed by atoms with van der Waals surface area (Å²) in [5.41, 5.74) is 2.15. The van der Waals surface area contributed by atoms with Gasteiger partial charge in [0.1, 0.15) is 6.61 Å². The number of hydrogen-bond acceptors (Lipinski definition) is 3. The Morgan fingerprint density at radius 3 is 2.94 bits per heavy atom. The van der Waals surface area contributed by atoms with E-state index < -0.39 is 0 Å². The summed E-state index contributed by atoms with van der Waals surface area (Å²) >= 11 is 3.40. The van der Waals surface area contributed by atoms with E-state index in [0.717, 1.165) is 10.0 Å². The molecule has 18 heavy (non-hydrogen) atoms. The van der Waals surface area contributed by atoms with Crippen LogP contribution in [0.5, 0.6) is 0 Å². The Hall–Kier alpha value is -1.62. The monoisotopic (exact) mass is 307 g/mol. The second kappa shape index (κ2) is 4.24. The number of cyclic esters (lactones) is 1. The minimum Gasteiger partial charge on any atom is -0.456 e. The molecule has 1 aromatic carbocycles. The van der Waals surface area contributed by atoms with Gasteiger partial charge in [-0.1, -0.05) is 28.1 Å². The molecule has 0 aromatic heterocycles. The molecule has 2 heterocycles. The van der Waals surface area contributed by atoms with Crippen LogP contribution in [0.3, 0.4) is 0 Å². The van der Waals surface area contributed by atoms with Gasteiger partial charge >= 0.3 is 5.97 Å². The van der Waals surface area contributed by atoms with Gasteiger partial charge in [0.05, 0.1) is 11.3 Å². The lowest BCUT2D eigenvalue weighted by Gasteiger charge is -2.22. The van der Waals surface area contributed by atoms with Gasteiger partial charge in [-0.05, 0) is 17.7 Å². The minimum absolute atomic E-state index is 0.0722. The topological polar surface area (TPSA) is 55.4 Å². The van der Waals surface area contributed by atoms with Crippen LogP contribution in [0.4, 0.5) is 0 Å². The summed E-state index contributed by atoms with van der Waals surface area (Å²) in [6, 6.07) is 7.66. The van der Waals surface area contributed by atoms with Crippen molar-refractivity contribution >= 4 is 27.8 Å². The number of ether oxygens (including phenoxy) is 1. The van der Waals surface area contributed by atoms with Gasteiger partial charge in [0.25, 0.3) is 0 Å². The molecule has 0 saturated carbocycles. The van der Waals surface area contributed by atoms with E-state index in [0.29, 0.717) is 11.3 Å². The van der Waals surface area contributed by atoms with Crippen molar-refractivity contribution in [2.24, 2.45) is 0 Å². The molecule has 4 nitrogen and oxygen atoms in total. The lowest BCUT2D eigenvalue weighted by molar-refractivity contribution is -0.136. The summed E-state index contributed by atoms with van der Waals surface area (Å²) in [5.74, 6) is -0.603. The average molecular weight is 308 g/mol. The second-order valence-corrected chi connectivity index (χ2v) is 5.24. The van der Waals surface area contributed by atoms with Crippen LogP contribution in [0, 0.1) is 0 Å². The number of benzene rings is 1. The van der Waals surface area contributed by atoms with Gasteiger partial charge in [0, 0.05) is 16.8 Å². The lowest BCUT2D eigenvalue weighted by atomic mass is 9.85. The highest BCUT2D eigenvalue weighted by atomic mass is 79.9. The molecule has 2 aliphatic heterocycles. The summed E-state index contributed by atoms with van der Waals surface area (Å²) in [6.07, 6.45) is 0.282. The van der Waals surface area contributed by atoms with E-state index in [1.807, 2.05) is 24.3 Å². The molecule has 0 unspecified atom stereocenters. The first-order valence-corrected chi connectivity index (χ1v) is 6.40. The van der Waals surface area contributed by atoms with Crippen molar-refractivity contribution in [3.05, 3.63) is 45.6 Å². The third-order valence-electron chi connectivity index (χ3n) is 3.17. The first kappa shape index (κ1) is 11.5. The Kier molecular flexibility index (Phi) is 2.70. The van der Waals surface area contributed by atoms with Crippen LogP contribution in [0.2, 0.25) is 0 Å². The van der Waals surface area contributed by atoms with Crippen molar-refractivity contribution in [2.45, 2.75) is 12.3 Å². The Labute approximate surface area is 112 Å². The van der Waals surface area contributed by atoms with Crippen LogP contribution in [0.25, 0.3) is 0 Å². The largest absolute Gasteiger partial charge is 0.456 e. The Morgan fingerprint density at radius 2 is 2.17 bits per heavy atom. The van der Waals surface area contributed by atoms with E-state index in [2.05, 4.69) is 21.2 Å². The molecule has 1 atom stereocenters. The molecule has 92 valence electrons. The van der Waals surface area contributed by atoms with E-state index in [9.17, 15) is 9.59 Å². The highest BCUT2D eigenvalue weighted by Crippen LogP contribution is 2.36. The summed E-state index contributed by atoms with van der Waals surface area (Å²) in [4.78, 5) is 23.4. The fourth-order valence-corrected chi connectivity index (χ4v) is 2.80. The van der Waals surface area contributed by atoms with E-state index in [-0.39, 0.29) is 30.8 Å². The molecule has 0 radical (unpaired) electrons. The van der Waals surface area contributed by atoms with Crippen LogP contribution >= 0.6 is 15.9 Å². The number of nitrogens with one attached hydrogen (secondary N) is 1. The SMILES string of the molecule is O=C1C[C@H](c2cccc(Br)c2)C2=C(COC2=O)N1. The molecule has 3 rings (SSSR count). The number of amides is 1. The molecular formula is C13H10BrNO3. The summed E-state index contributed by atoms with van der Waals surface area (Å²) in [6.45, 7) is 0.171. The number of halogens is 1. The fraction of sp³-hybridized carbons (Fsp3) is 0.231. The Bertz CT molecular complexity index is 579. The molecule has 0 bridgehead atoms. The van der Waals surface area contributed by atoms with Gasteiger partial charge in [0.15, 0.2) is 0 Å². The molecule has 1 amide bonds. The highest BCUT2D eigenvalue weighted by molar-refractivity contribution is 9.10. The first-order valence-electron chi connectivity index (χ1n) is 5.60. The lowest BCUT2D eigenvalue weighted by Crippen LogP contribution is -2.32. The molecule has 0 saturated heterocycles. The zero-order valence-electron chi connectivity index (χ0n) is 9.40. The van der Waals surface area contributed by atoms with E-state index >= 15 is 0 Å². The van der Waals surface area contributed by atoms with Crippen molar-refractivity contribution in [3.8, 4) is 0 Å². The minimum atomic E-state index is -0.324. The maximum atomic E-state index is 11.7. The van der Waals surface area contributed by atoms with Crippen molar-refractivity contribution in [3.63, 3.8) is 0 Å². The van der Waals surface area contributed by atoms with Crippen LogP contribution in [-0.2, 0) is 14.3 Å². The van der Waals surface area contributed by atoms with Crippen molar-refractivity contribution in [1.29, 1.82) is 0 Å². The number of esters is 1. The maximum absolute atomic E-state index is 11.7. The highest BCUT2D eigenvalue weighted by Gasteiger charge is 2.38. The van der Waals surface area contributed by atoms with Crippen LogP contribution in [0.15, 0.2) is 40.0 Å². The van der Waals surface area contributed by atoms with Crippen molar-refractivity contribution in [1.82, 2.24) is 5.32 Å². The normalized spacial score (nSPS) is 22.6. The quantitative estimate of drug-likeness (QED) is 0.806. The van der Waals surface area contributed by atoms with Crippen molar-refractivity contribution < 1.29 is 14.3 Å². The molecular weight excluding hydrogens is 298 g/mol. The molecule has 1 aromatic rings. The van der Waals surface area contributed by atoms with Crippen LogP contribution < -0.4 is 5.32 Å². The summed E-state index contributed by atoms with van der Waals surface area (Å²) in [5, 5.41) is 2.71. The van der Waals surface area contributed by atoms with Gasteiger partial charge in [-0.3, -0.25) is 4.79 Å². The van der Waals surface area contributed by atoms with Crippen LogP contribution in [-0.4, -0.2) is 18.5 Å². The molecule has 0 aliphatic carbocycles. The van der Waals surface area contributed by atoms with Gasteiger partial charge in [-0.15, -0.1) is 0 Å². The molecule has 1 N–H and O–H groups in total. The number of carbonyl (C=O) groups is 2. The van der Waals surface area contributed by atoms with Crippen LogP contribution in [0.1, 0.15) is 17.9 Å². The fourth-order valence-electron chi connectivity index (χ4n) is 2.39. The van der Waals surface area contributed by atoms with E-state index in [1.165, 1.54) is 0 Å². The Morgan fingerprint density at radius 1 is 1.33 bits per heavy atom. The average Bonchev–Trinajstić information content (AvgIpc) is 2.70. The third-order valence-corrected chi connectivity index (χ3v) is 3.67. The number of rotatable bonds is 1. The van der Waals surface area contributed by atoms with Gasteiger partial charge in [0.2, 0.25) is 5.91 Å².